The summed E-state index contributed by atoms with van der Waals surface area (Å²) in [7, 11) is 0. The summed E-state index contributed by atoms with van der Waals surface area (Å²) in [4.78, 5) is 12.4. The number of ether oxygens (including phenoxy) is 2. The zero-order valence-electron chi connectivity index (χ0n) is 12.8. The van der Waals surface area contributed by atoms with Gasteiger partial charge in [-0.15, -0.1) is 0 Å². The Morgan fingerprint density at radius 2 is 2.24 bits per heavy atom. The van der Waals surface area contributed by atoms with Crippen molar-refractivity contribution in [3.63, 3.8) is 0 Å². The maximum atomic E-state index is 12.4. The Kier molecular flexibility index (Phi) is 6.02. The molecule has 1 aromatic carbocycles. The summed E-state index contributed by atoms with van der Waals surface area (Å²) in [6.07, 6.45) is 0.960. The number of nitrogens with one attached hydrogen (secondary N) is 2. The molecule has 1 unspecified atom stereocenters. The van der Waals surface area contributed by atoms with Crippen LogP contribution in [-0.4, -0.2) is 44.9 Å². The molecule has 2 rings (SSSR count). The van der Waals surface area contributed by atoms with Crippen LogP contribution >= 0.6 is 0 Å². The van der Waals surface area contributed by atoms with Gasteiger partial charge in [0, 0.05) is 18.8 Å². The highest BCUT2D eigenvalue weighted by atomic mass is 16.6. The lowest BCUT2D eigenvalue weighted by molar-refractivity contribution is -0.0855. The number of benzene rings is 1. The summed E-state index contributed by atoms with van der Waals surface area (Å²) >= 11 is 0. The molecule has 2 N–H and O–H groups in total. The van der Waals surface area contributed by atoms with E-state index in [1.807, 2.05) is 25.1 Å². The SMILES string of the molecule is CCCNc1ccc(C)cc1C(=O)NCC1COCCO1. The van der Waals surface area contributed by atoms with Crippen LogP contribution in [0.3, 0.4) is 0 Å². The number of hydrogen-bond acceptors (Lipinski definition) is 4. The molecule has 0 bridgehead atoms. The van der Waals surface area contributed by atoms with E-state index in [9.17, 15) is 4.79 Å². The molecule has 1 saturated heterocycles. The molecule has 0 saturated carbocycles. The minimum Gasteiger partial charge on any atom is -0.384 e. The average Bonchev–Trinajstić information content (AvgIpc) is 2.52. The second-order valence-corrected chi connectivity index (χ2v) is 5.25. The normalized spacial score (nSPS) is 18.3. The average molecular weight is 292 g/mol. The van der Waals surface area contributed by atoms with Crippen molar-refractivity contribution in [2.24, 2.45) is 0 Å². The molecule has 0 aliphatic carbocycles. The number of rotatable bonds is 6. The Morgan fingerprint density at radius 3 is 2.95 bits per heavy atom. The predicted molar refractivity (Wildman–Crippen MR) is 82.9 cm³/mol. The van der Waals surface area contributed by atoms with Crippen molar-refractivity contribution in [1.29, 1.82) is 0 Å². The Bertz CT molecular complexity index is 471. The fourth-order valence-corrected chi connectivity index (χ4v) is 2.22. The molecule has 0 radical (unpaired) electrons. The zero-order chi connectivity index (χ0) is 15.1. The third-order valence-corrected chi connectivity index (χ3v) is 3.36. The third-order valence-electron chi connectivity index (χ3n) is 3.36. The maximum absolute atomic E-state index is 12.4. The lowest BCUT2D eigenvalue weighted by Gasteiger charge is -2.23. The minimum atomic E-state index is -0.0773. The molecule has 1 fully saturated rings. The maximum Gasteiger partial charge on any atom is 0.253 e. The van der Waals surface area contributed by atoms with Crippen LogP contribution in [0.25, 0.3) is 0 Å². The fraction of sp³-hybridized carbons (Fsp3) is 0.562. The number of anilines is 1. The highest BCUT2D eigenvalue weighted by Gasteiger charge is 2.17. The van der Waals surface area contributed by atoms with Crippen LogP contribution in [-0.2, 0) is 9.47 Å². The van der Waals surface area contributed by atoms with Gasteiger partial charge in [-0.1, -0.05) is 18.6 Å². The molecule has 116 valence electrons. The van der Waals surface area contributed by atoms with Crippen LogP contribution in [0.1, 0.15) is 29.3 Å². The van der Waals surface area contributed by atoms with Crippen molar-refractivity contribution in [2.45, 2.75) is 26.4 Å². The Balaban J connectivity index is 1.97. The van der Waals surface area contributed by atoms with Crippen LogP contribution in [0.2, 0.25) is 0 Å². The standard InChI is InChI=1S/C16H24N2O3/c1-3-6-17-15-5-4-12(2)9-14(15)16(19)18-10-13-11-20-7-8-21-13/h4-5,9,13,17H,3,6-8,10-11H2,1-2H3,(H,18,19). The van der Waals surface area contributed by atoms with E-state index in [-0.39, 0.29) is 12.0 Å². The van der Waals surface area contributed by atoms with Gasteiger partial charge in [-0.05, 0) is 25.5 Å². The molecular formula is C16H24N2O3. The topological polar surface area (TPSA) is 59.6 Å². The van der Waals surface area contributed by atoms with Crippen molar-refractivity contribution in [3.8, 4) is 0 Å². The van der Waals surface area contributed by atoms with Crippen molar-refractivity contribution >= 4 is 11.6 Å². The van der Waals surface area contributed by atoms with E-state index in [1.54, 1.807) is 0 Å². The molecule has 0 aromatic heterocycles. The lowest BCUT2D eigenvalue weighted by atomic mass is 10.1. The summed E-state index contributed by atoms with van der Waals surface area (Å²) in [5, 5.41) is 6.22. The Morgan fingerprint density at radius 1 is 1.38 bits per heavy atom. The highest BCUT2D eigenvalue weighted by Crippen LogP contribution is 2.17. The second kappa shape index (κ2) is 8.00. The summed E-state index contributed by atoms with van der Waals surface area (Å²) in [5.74, 6) is -0.0773. The van der Waals surface area contributed by atoms with Crippen LogP contribution in [0.5, 0.6) is 0 Å². The Hall–Kier alpha value is -1.59. The van der Waals surface area contributed by atoms with E-state index in [2.05, 4.69) is 17.6 Å². The molecule has 5 nitrogen and oxygen atoms in total. The first kappa shape index (κ1) is 15.8. The van der Waals surface area contributed by atoms with Gasteiger partial charge in [-0.2, -0.15) is 0 Å². The summed E-state index contributed by atoms with van der Waals surface area (Å²) in [6, 6.07) is 5.87. The van der Waals surface area contributed by atoms with E-state index >= 15 is 0 Å². The molecule has 1 amide bonds. The quantitative estimate of drug-likeness (QED) is 0.841. The van der Waals surface area contributed by atoms with Crippen molar-refractivity contribution in [2.75, 3.05) is 38.2 Å². The number of carbonyl (C=O) groups is 1. The van der Waals surface area contributed by atoms with Gasteiger partial charge in [0.25, 0.3) is 5.91 Å². The van der Waals surface area contributed by atoms with Crippen LogP contribution in [0.15, 0.2) is 18.2 Å². The van der Waals surface area contributed by atoms with Crippen LogP contribution < -0.4 is 10.6 Å². The summed E-state index contributed by atoms with van der Waals surface area (Å²) < 4.78 is 10.9. The number of amides is 1. The first-order chi connectivity index (χ1) is 10.2. The predicted octanol–water partition coefficient (Wildman–Crippen LogP) is 1.96. The van der Waals surface area contributed by atoms with Crippen LogP contribution in [0.4, 0.5) is 5.69 Å². The largest absolute Gasteiger partial charge is 0.384 e. The van der Waals surface area contributed by atoms with E-state index in [1.165, 1.54) is 0 Å². The highest BCUT2D eigenvalue weighted by molar-refractivity contribution is 5.99. The number of carbonyl (C=O) groups excluding carboxylic acids is 1. The molecular weight excluding hydrogens is 268 g/mol. The van der Waals surface area contributed by atoms with Gasteiger partial charge in [-0.3, -0.25) is 4.79 Å². The summed E-state index contributed by atoms with van der Waals surface area (Å²) in [6.45, 7) is 7.17. The first-order valence-corrected chi connectivity index (χ1v) is 7.52. The van der Waals surface area contributed by atoms with Gasteiger partial charge >= 0.3 is 0 Å². The number of aryl methyl sites for hydroxylation is 1. The van der Waals surface area contributed by atoms with Crippen molar-refractivity contribution in [1.82, 2.24) is 5.32 Å². The van der Waals surface area contributed by atoms with Gasteiger partial charge < -0.3 is 20.1 Å². The lowest BCUT2D eigenvalue weighted by Crippen LogP contribution is -2.39. The number of hydrogen-bond donors (Lipinski definition) is 2. The van der Waals surface area contributed by atoms with E-state index in [4.69, 9.17) is 9.47 Å². The van der Waals surface area contributed by atoms with Gasteiger partial charge in [0.1, 0.15) is 0 Å². The van der Waals surface area contributed by atoms with Gasteiger partial charge in [0.05, 0.1) is 31.5 Å². The molecule has 1 aliphatic rings. The molecule has 1 aliphatic heterocycles. The molecule has 0 spiro atoms. The second-order valence-electron chi connectivity index (χ2n) is 5.25. The first-order valence-electron chi connectivity index (χ1n) is 7.52. The third kappa shape index (κ3) is 4.72. The molecule has 21 heavy (non-hydrogen) atoms. The van der Waals surface area contributed by atoms with Gasteiger partial charge in [-0.25, -0.2) is 0 Å². The van der Waals surface area contributed by atoms with E-state index in [0.717, 1.165) is 24.2 Å². The van der Waals surface area contributed by atoms with Crippen LogP contribution in [0, 0.1) is 6.92 Å². The molecule has 1 aromatic rings. The van der Waals surface area contributed by atoms with E-state index in [0.29, 0.717) is 31.9 Å². The van der Waals surface area contributed by atoms with Crippen molar-refractivity contribution in [3.05, 3.63) is 29.3 Å². The molecule has 1 heterocycles. The smallest absolute Gasteiger partial charge is 0.253 e. The minimum absolute atomic E-state index is 0.0560. The Labute approximate surface area is 126 Å². The molecule has 1 atom stereocenters. The molecule has 5 heteroatoms. The van der Waals surface area contributed by atoms with Gasteiger partial charge in [0.15, 0.2) is 0 Å². The zero-order valence-corrected chi connectivity index (χ0v) is 12.8. The fourth-order valence-electron chi connectivity index (χ4n) is 2.22. The summed E-state index contributed by atoms with van der Waals surface area (Å²) in [5.41, 5.74) is 2.63. The van der Waals surface area contributed by atoms with Crippen molar-refractivity contribution < 1.29 is 14.3 Å². The monoisotopic (exact) mass is 292 g/mol. The van der Waals surface area contributed by atoms with Gasteiger partial charge in [0.2, 0.25) is 0 Å². The van der Waals surface area contributed by atoms with E-state index < -0.39 is 0 Å².